The quantitative estimate of drug-likeness (QED) is 0.726. The van der Waals surface area contributed by atoms with Crippen molar-refractivity contribution in [3.05, 3.63) is 78.1 Å². The number of nitrogens with zero attached hydrogens (tertiary/aromatic N) is 2. The molecule has 3 rings (SSSR count). The lowest BCUT2D eigenvalue weighted by Crippen LogP contribution is -1.99. The van der Waals surface area contributed by atoms with E-state index in [1.165, 1.54) is 5.56 Å². The van der Waals surface area contributed by atoms with Crippen LogP contribution in [0.25, 0.3) is 0 Å². The monoisotopic (exact) mass is 291 g/mol. The molecule has 0 saturated heterocycles. The molecule has 0 fully saturated rings. The molecule has 1 N–H and O–H groups in total. The van der Waals surface area contributed by atoms with Gasteiger partial charge >= 0.3 is 0 Å². The molecule has 110 valence electrons. The van der Waals surface area contributed by atoms with E-state index in [1.807, 2.05) is 53.3 Å². The fourth-order valence-electron chi connectivity index (χ4n) is 2.27. The van der Waals surface area contributed by atoms with E-state index in [0.717, 1.165) is 17.9 Å². The van der Waals surface area contributed by atoms with Crippen molar-refractivity contribution in [2.75, 3.05) is 5.32 Å². The highest BCUT2D eigenvalue weighted by Crippen LogP contribution is 2.17. The van der Waals surface area contributed by atoms with Crippen molar-refractivity contribution in [1.29, 1.82) is 0 Å². The molecule has 0 unspecified atom stereocenters. The van der Waals surface area contributed by atoms with E-state index in [1.54, 1.807) is 13.1 Å². The predicted octanol–water partition coefficient (Wildman–Crippen LogP) is 3.88. The van der Waals surface area contributed by atoms with Gasteiger partial charge in [-0.3, -0.25) is 9.48 Å². The van der Waals surface area contributed by atoms with Crippen LogP contribution < -0.4 is 5.32 Å². The molecule has 4 heteroatoms. The highest BCUT2D eigenvalue weighted by atomic mass is 16.1. The van der Waals surface area contributed by atoms with Crippen LogP contribution in [0.15, 0.2) is 67.0 Å². The van der Waals surface area contributed by atoms with Gasteiger partial charge in [-0.1, -0.05) is 42.5 Å². The number of nitrogens with one attached hydrogen (secondary N) is 1. The van der Waals surface area contributed by atoms with E-state index in [2.05, 4.69) is 22.5 Å². The van der Waals surface area contributed by atoms with Crippen LogP contribution in [0.2, 0.25) is 0 Å². The molecule has 22 heavy (non-hydrogen) atoms. The van der Waals surface area contributed by atoms with Crippen molar-refractivity contribution in [1.82, 2.24) is 9.78 Å². The Kier molecular flexibility index (Phi) is 4.01. The minimum atomic E-state index is 0.0587. The normalized spacial score (nSPS) is 10.4. The third-order valence-electron chi connectivity index (χ3n) is 3.38. The first-order valence-corrected chi connectivity index (χ1v) is 7.15. The highest BCUT2D eigenvalue weighted by molar-refractivity contribution is 5.95. The lowest BCUT2D eigenvalue weighted by Gasteiger charge is -2.05. The molecule has 0 amide bonds. The fraction of sp³-hybridized carbons (Fsp3) is 0.111. The summed E-state index contributed by atoms with van der Waals surface area (Å²) in [5.74, 6) is 0.0587. The summed E-state index contributed by atoms with van der Waals surface area (Å²) < 4.78 is 1.88. The third kappa shape index (κ3) is 3.41. The summed E-state index contributed by atoms with van der Waals surface area (Å²) in [5.41, 5.74) is 3.68. The average molecular weight is 291 g/mol. The predicted molar refractivity (Wildman–Crippen MR) is 87.5 cm³/mol. The number of ketones is 1. The third-order valence-corrected chi connectivity index (χ3v) is 3.38. The van der Waals surface area contributed by atoms with E-state index in [9.17, 15) is 4.79 Å². The molecule has 0 spiro atoms. The fourth-order valence-corrected chi connectivity index (χ4v) is 2.27. The molecule has 0 saturated carbocycles. The van der Waals surface area contributed by atoms with Gasteiger partial charge in [-0.05, 0) is 24.6 Å². The zero-order valence-electron chi connectivity index (χ0n) is 12.4. The number of carbonyl (C=O) groups excluding carboxylic acids is 1. The van der Waals surface area contributed by atoms with Gasteiger partial charge in [0.05, 0.1) is 18.4 Å². The first-order chi connectivity index (χ1) is 10.7. The number of hydrogen-bond donors (Lipinski definition) is 1. The standard InChI is InChI=1S/C18H17N3O/c1-14(22)16-8-5-9-17(10-16)20-18-11-19-21(13-18)12-15-6-3-2-4-7-15/h2-11,13,20H,12H2,1H3. The summed E-state index contributed by atoms with van der Waals surface area (Å²) in [6.07, 6.45) is 3.73. The molecule has 0 aliphatic carbocycles. The molecule has 2 aromatic carbocycles. The van der Waals surface area contributed by atoms with Gasteiger partial charge in [-0.15, -0.1) is 0 Å². The maximum absolute atomic E-state index is 11.4. The molecule has 0 radical (unpaired) electrons. The van der Waals surface area contributed by atoms with Crippen LogP contribution in [0.5, 0.6) is 0 Å². The number of carbonyl (C=O) groups is 1. The molecule has 3 aromatic rings. The largest absolute Gasteiger partial charge is 0.353 e. The Morgan fingerprint density at radius 3 is 2.68 bits per heavy atom. The van der Waals surface area contributed by atoms with Gasteiger partial charge in [-0.25, -0.2) is 0 Å². The minimum absolute atomic E-state index is 0.0587. The SMILES string of the molecule is CC(=O)c1cccc(Nc2cnn(Cc3ccccc3)c2)c1. The van der Waals surface area contributed by atoms with Gasteiger partial charge in [-0.2, -0.15) is 5.10 Å². The average Bonchev–Trinajstić information content (AvgIpc) is 2.95. The number of anilines is 2. The van der Waals surface area contributed by atoms with Crippen molar-refractivity contribution in [3.8, 4) is 0 Å². The Balaban J connectivity index is 1.72. The summed E-state index contributed by atoms with van der Waals surface area (Å²) >= 11 is 0. The highest BCUT2D eigenvalue weighted by Gasteiger charge is 2.03. The van der Waals surface area contributed by atoms with E-state index >= 15 is 0 Å². The van der Waals surface area contributed by atoms with Crippen LogP contribution in [0, 0.1) is 0 Å². The topological polar surface area (TPSA) is 46.9 Å². The number of Topliss-reactive ketones (excluding diaryl/α,β-unsaturated/α-hetero) is 1. The van der Waals surface area contributed by atoms with Crippen LogP contribution >= 0.6 is 0 Å². The van der Waals surface area contributed by atoms with Crippen molar-refractivity contribution >= 4 is 17.2 Å². The van der Waals surface area contributed by atoms with Crippen molar-refractivity contribution in [2.45, 2.75) is 13.5 Å². The summed E-state index contributed by atoms with van der Waals surface area (Å²) in [4.78, 5) is 11.4. The minimum Gasteiger partial charge on any atom is -0.353 e. The molecule has 0 bridgehead atoms. The number of benzene rings is 2. The Labute approximate surface area is 129 Å². The van der Waals surface area contributed by atoms with Gasteiger partial charge in [0.15, 0.2) is 5.78 Å². The van der Waals surface area contributed by atoms with Crippen molar-refractivity contribution in [3.63, 3.8) is 0 Å². The summed E-state index contributed by atoms with van der Waals surface area (Å²) in [6.45, 7) is 2.30. The van der Waals surface area contributed by atoms with E-state index in [0.29, 0.717) is 5.56 Å². The van der Waals surface area contributed by atoms with Gasteiger partial charge in [0.2, 0.25) is 0 Å². The second kappa shape index (κ2) is 6.26. The van der Waals surface area contributed by atoms with Gasteiger partial charge in [0, 0.05) is 17.4 Å². The Hall–Kier alpha value is -2.88. The maximum atomic E-state index is 11.4. The van der Waals surface area contributed by atoms with Crippen LogP contribution in [0.4, 0.5) is 11.4 Å². The van der Waals surface area contributed by atoms with Crippen LogP contribution in [0.3, 0.4) is 0 Å². The summed E-state index contributed by atoms with van der Waals surface area (Å²) in [6, 6.07) is 17.6. The van der Waals surface area contributed by atoms with Crippen LogP contribution in [-0.4, -0.2) is 15.6 Å². The maximum Gasteiger partial charge on any atom is 0.159 e. The van der Waals surface area contributed by atoms with E-state index < -0.39 is 0 Å². The molecule has 0 aliphatic rings. The lowest BCUT2D eigenvalue weighted by atomic mass is 10.1. The Morgan fingerprint density at radius 1 is 1.09 bits per heavy atom. The first-order valence-electron chi connectivity index (χ1n) is 7.15. The second-order valence-corrected chi connectivity index (χ2v) is 5.17. The molecular formula is C18H17N3O. The summed E-state index contributed by atoms with van der Waals surface area (Å²) in [5, 5.41) is 7.62. The Morgan fingerprint density at radius 2 is 1.91 bits per heavy atom. The first kappa shape index (κ1) is 14.1. The van der Waals surface area contributed by atoms with E-state index in [4.69, 9.17) is 0 Å². The molecule has 0 aliphatic heterocycles. The van der Waals surface area contributed by atoms with Gasteiger partial charge < -0.3 is 5.32 Å². The second-order valence-electron chi connectivity index (χ2n) is 5.17. The molecule has 1 aromatic heterocycles. The van der Waals surface area contributed by atoms with E-state index in [-0.39, 0.29) is 5.78 Å². The molecule has 0 atom stereocenters. The van der Waals surface area contributed by atoms with Gasteiger partial charge in [0.1, 0.15) is 0 Å². The van der Waals surface area contributed by atoms with Crippen molar-refractivity contribution < 1.29 is 4.79 Å². The summed E-state index contributed by atoms with van der Waals surface area (Å²) in [7, 11) is 0. The van der Waals surface area contributed by atoms with Crippen LogP contribution in [-0.2, 0) is 6.54 Å². The smallest absolute Gasteiger partial charge is 0.159 e. The molecule has 4 nitrogen and oxygen atoms in total. The number of hydrogen-bond acceptors (Lipinski definition) is 3. The van der Waals surface area contributed by atoms with Gasteiger partial charge in [0.25, 0.3) is 0 Å². The lowest BCUT2D eigenvalue weighted by molar-refractivity contribution is 0.101. The zero-order chi connectivity index (χ0) is 15.4. The zero-order valence-corrected chi connectivity index (χ0v) is 12.4. The molecule has 1 heterocycles. The number of rotatable bonds is 5. The van der Waals surface area contributed by atoms with Crippen LogP contribution in [0.1, 0.15) is 22.8 Å². The number of aromatic nitrogens is 2. The van der Waals surface area contributed by atoms with Crippen molar-refractivity contribution in [2.24, 2.45) is 0 Å². The molecular weight excluding hydrogens is 274 g/mol. The Bertz CT molecular complexity index is 778.